The van der Waals surface area contributed by atoms with Crippen LogP contribution in [0.2, 0.25) is 5.02 Å². The lowest BCUT2D eigenvalue weighted by Gasteiger charge is -2.35. The van der Waals surface area contributed by atoms with Crippen molar-refractivity contribution in [1.29, 1.82) is 0 Å². The Bertz CT molecular complexity index is 956. The Morgan fingerprint density at radius 3 is 2.34 bits per heavy atom. The summed E-state index contributed by atoms with van der Waals surface area (Å²) in [4.78, 5) is 14.0. The van der Waals surface area contributed by atoms with E-state index in [1.54, 1.807) is 6.08 Å². The van der Waals surface area contributed by atoms with Crippen LogP contribution < -0.4 is 10.2 Å². The topological polar surface area (TPSA) is 69.7 Å². The van der Waals surface area contributed by atoms with E-state index in [1.165, 1.54) is 10.4 Å². The molecule has 154 valence electrons. The highest BCUT2D eigenvalue weighted by Crippen LogP contribution is 2.26. The molecule has 6 nitrogen and oxygen atoms in total. The van der Waals surface area contributed by atoms with Crippen LogP contribution in [0.5, 0.6) is 0 Å². The number of nitrogens with one attached hydrogen (secondary N) is 1. The van der Waals surface area contributed by atoms with Crippen LogP contribution in [0.4, 0.5) is 5.69 Å². The minimum Gasteiger partial charge on any atom is -0.368 e. The number of hydrogen-bond donors (Lipinski definition) is 1. The molecule has 0 unspecified atom stereocenters. The van der Waals surface area contributed by atoms with Gasteiger partial charge in [0, 0.05) is 38.8 Å². The summed E-state index contributed by atoms with van der Waals surface area (Å²) in [5, 5.41) is 3.29. The highest BCUT2D eigenvalue weighted by molar-refractivity contribution is 7.89. The molecule has 2 aromatic rings. The minimum absolute atomic E-state index is 0.0744. The molecule has 0 atom stereocenters. The molecule has 2 aromatic carbocycles. The molecule has 0 saturated carbocycles. The third kappa shape index (κ3) is 6.06. The first-order chi connectivity index (χ1) is 14.0. The number of carbonyl (C=O) groups is 1. The molecule has 1 fully saturated rings. The zero-order valence-electron chi connectivity index (χ0n) is 16.0. The summed E-state index contributed by atoms with van der Waals surface area (Å²) in [5.74, 6) is -0.433. The third-order valence-electron chi connectivity index (χ3n) is 4.71. The molecular weight excluding hydrogens is 410 g/mol. The van der Waals surface area contributed by atoms with Gasteiger partial charge >= 0.3 is 0 Å². The van der Waals surface area contributed by atoms with Crippen molar-refractivity contribution in [3.63, 3.8) is 0 Å². The van der Waals surface area contributed by atoms with Gasteiger partial charge in [-0.1, -0.05) is 54.1 Å². The minimum atomic E-state index is -3.43. The van der Waals surface area contributed by atoms with Gasteiger partial charge in [0.1, 0.15) is 0 Å². The molecule has 1 N–H and O–H groups in total. The maximum atomic E-state index is 12.6. The summed E-state index contributed by atoms with van der Waals surface area (Å²) in [6, 6.07) is 17.0. The van der Waals surface area contributed by atoms with Gasteiger partial charge in [-0.2, -0.15) is 4.31 Å². The standard InChI is InChI=1S/C21H24ClN3O3S/c22-19-8-4-5-9-20(19)24-13-15-25(16-14-24)29(27,28)17-12-23-21(26)11-10-18-6-2-1-3-7-18/h1-11H,12-17H2,(H,23,26)/b11-10-. The molecule has 1 aliphatic rings. The first-order valence-electron chi connectivity index (χ1n) is 9.44. The highest BCUT2D eigenvalue weighted by Gasteiger charge is 2.27. The van der Waals surface area contributed by atoms with E-state index in [4.69, 9.17) is 11.6 Å². The Labute approximate surface area is 176 Å². The lowest BCUT2D eigenvalue weighted by molar-refractivity contribution is -0.116. The molecule has 1 heterocycles. The van der Waals surface area contributed by atoms with Gasteiger partial charge in [0.15, 0.2) is 0 Å². The summed E-state index contributed by atoms with van der Waals surface area (Å²) in [5.41, 5.74) is 1.83. The van der Waals surface area contributed by atoms with Crippen molar-refractivity contribution in [2.45, 2.75) is 0 Å². The monoisotopic (exact) mass is 433 g/mol. The number of nitrogens with zero attached hydrogens (tertiary/aromatic N) is 2. The second-order valence-corrected chi connectivity index (χ2v) is 9.18. The van der Waals surface area contributed by atoms with Gasteiger partial charge in [-0.25, -0.2) is 8.42 Å². The van der Waals surface area contributed by atoms with E-state index in [1.807, 2.05) is 54.6 Å². The lowest BCUT2D eigenvalue weighted by Crippen LogP contribution is -2.50. The zero-order valence-corrected chi connectivity index (χ0v) is 17.6. The number of halogens is 1. The van der Waals surface area contributed by atoms with Gasteiger partial charge in [0.05, 0.1) is 16.5 Å². The highest BCUT2D eigenvalue weighted by atomic mass is 35.5. The summed E-state index contributed by atoms with van der Waals surface area (Å²) in [6.07, 6.45) is 3.10. The Hall–Kier alpha value is -2.35. The van der Waals surface area contributed by atoms with Crippen molar-refractivity contribution in [2.24, 2.45) is 0 Å². The molecule has 0 aliphatic carbocycles. The second-order valence-electron chi connectivity index (χ2n) is 6.69. The fourth-order valence-electron chi connectivity index (χ4n) is 3.14. The number of anilines is 1. The number of benzene rings is 2. The van der Waals surface area contributed by atoms with E-state index >= 15 is 0 Å². The fraction of sp³-hybridized carbons (Fsp3) is 0.286. The molecule has 0 spiro atoms. The van der Waals surface area contributed by atoms with Gasteiger partial charge in [0.25, 0.3) is 0 Å². The molecule has 3 rings (SSSR count). The number of piperazine rings is 1. The summed E-state index contributed by atoms with van der Waals surface area (Å²) >= 11 is 6.23. The summed E-state index contributed by atoms with van der Waals surface area (Å²) in [7, 11) is -3.43. The quantitative estimate of drug-likeness (QED) is 0.681. The maximum absolute atomic E-state index is 12.6. The number of amides is 1. The van der Waals surface area contributed by atoms with Crippen LogP contribution in [0.25, 0.3) is 6.08 Å². The van der Waals surface area contributed by atoms with Crippen molar-refractivity contribution in [2.75, 3.05) is 43.4 Å². The van der Waals surface area contributed by atoms with Crippen molar-refractivity contribution >= 4 is 39.3 Å². The maximum Gasteiger partial charge on any atom is 0.244 e. The van der Waals surface area contributed by atoms with Crippen LogP contribution in [0.1, 0.15) is 5.56 Å². The average molecular weight is 434 g/mol. The Morgan fingerprint density at radius 2 is 1.66 bits per heavy atom. The Morgan fingerprint density at radius 1 is 1.00 bits per heavy atom. The SMILES string of the molecule is O=C(/C=C\c1ccccc1)NCCS(=O)(=O)N1CCN(c2ccccc2Cl)CC1. The number of carbonyl (C=O) groups excluding carboxylic acids is 1. The van der Waals surface area contributed by atoms with Gasteiger partial charge < -0.3 is 10.2 Å². The van der Waals surface area contributed by atoms with Crippen LogP contribution in [-0.2, 0) is 14.8 Å². The number of hydrogen-bond acceptors (Lipinski definition) is 4. The van der Waals surface area contributed by atoms with Gasteiger partial charge in [0.2, 0.25) is 15.9 Å². The van der Waals surface area contributed by atoms with Gasteiger partial charge in [-0.3, -0.25) is 4.79 Å². The third-order valence-corrected chi connectivity index (χ3v) is 6.90. The Balaban J connectivity index is 1.45. The van der Waals surface area contributed by atoms with Crippen molar-refractivity contribution in [3.8, 4) is 0 Å². The molecule has 0 aromatic heterocycles. The molecular formula is C21H24ClN3O3S. The molecule has 1 amide bonds. The average Bonchev–Trinajstić information content (AvgIpc) is 2.73. The van der Waals surface area contributed by atoms with E-state index in [0.29, 0.717) is 31.2 Å². The molecule has 29 heavy (non-hydrogen) atoms. The molecule has 1 aliphatic heterocycles. The smallest absolute Gasteiger partial charge is 0.244 e. The molecule has 8 heteroatoms. The molecule has 1 saturated heterocycles. The molecule has 0 radical (unpaired) electrons. The van der Waals surface area contributed by atoms with Crippen LogP contribution >= 0.6 is 11.6 Å². The van der Waals surface area contributed by atoms with E-state index in [0.717, 1.165) is 11.3 Å². The zero-order chi connectivity index (χ0) is 20.7. The number of rotatable bonds is 7. The number of sulfonamides is 1. The number of para-hydroxylation sites is 1. The first kappa shape index (κ1) is 21.4. The first-order valence-corrected chi connectivity index (χ1v) is 11.4. The second kappa shape index (κ2) is 9.91. The van der Waals surface area contributed by atoms with E-state index in [9.17, 15) is 13.2 Å². The normalized spacial score (nSPS) is 15.6. The van der Waals surface area contributed by atoms with Crippen molar-refractivity contribution in [1.82, 2.24) is 9.62 Å². The lowest BCUT2D eigenvalue weighted by atomic mass is 10.2. The predicted molar refractivity (Wildman–Crippen MR) is 118 cm³/mol. The van der Waals surface area contributed by atoms with Gasteiger partial charge in [-0.15, -0.1) is 0 Å². The largest absolute Gasteiger partial charge is 0.368 e. The van der Waals surface area contributed by atoms with Crippen LogP contribution in [0, 0.1) is 0 Å². The summed E-state index contributed by atoms with van der Waals surface area (Å²) in [6.45, 7) is 2.03. The van der Waals surface area contributed by atoms with Crippen LogP contribution in [0.3, 0.4) is 0 Å². The van der Waals surface area contributed by atoms with Crippen molar-refractivity contribution in [3.05, 3.63) is 71.3 Å². The van der Waals surface area contributed by atoms with E-state index < -0.39 is 10.0 Å². The Kier molecular flexibility index (Phi) is 7.30. The molecule has 0 bridgehead atoms. The predicted octanol–water partition coefficient (Wildman–Crippen LogP) is 2.62. The van der Waals surface area contributed by atoms with Crippen LogP contribution in [0.15, 0.2) is 60.7 Å². The van der Waals surface area contributed by atoms with E-state index in [2.05, 4.69) is 10.2 Å². The van der Waals surface area contributed by atoms with Gasteiger partial charge in [-0.05, 0) is 23.8 Å². The van der Waals surface area contributed by atoms with E-state index in [-0.39, 0.29) is 18.2 Å². The van der Waals surface area contributed by atoms with Crippen LogP contribution in [-0.4, -0.2) is 57.1 Å². The fourth-order valence-corrected chi connectivity index (χ4v) is 4.74. The summed E-state index contributed by atoms with van der Waals surface area (Å²) < 4.78 is 26.6. The van der Waals surface area contributed by atoms with Crippen molar-refractivity contribution < 1.29 is 13.2 Å².